The second-order valence-corrected chi connectivity index (χ2v) is 4.27. The highest BCUT2D eigenvalue weighted by Crippen LogP contribution is 2.19. The first-order valence-electron chi connectivity index (χ1n) is 4.39. The zero-order valence-electron chi connectivity index (χ0n) is 7.76. The topological polar surface area (TPSA) is 52.0 Å². The Kier molecular flexibility index (Phi) is 3.75. The number of rotatable bonds is 3. The number of benzene rings is 1. The van der Waals surface area contributed by atoms with Crippen LogP contribution in [0.3, 0.4) is 0 Å². The van der Waals surface area contributed by atoms with Crippen molar-refractivity contribution in [2.45, 2.75) is 25.8 Å². The summed E-state index contributed by atoms with van der Waals surface area (Å²) in [6, 6.07) is 6.22. The minimum Gasteiger partial charge on any atom is -0.398 e. The second-order valence-electron chi connectivity index (χ2n) is 3.36. The molecule has 3 heteroatoms. The van der Waals surface area contributed by atoms with Gasteiger partial charge in [0.05, 0.1) is 0 Å². The fourth-order valence-corrected chi connectivity index (χ4v) is 1.56. The molecule has 0 saturated heterocycles. The molecule has 0 aliphatic rings. The molecule has 0 aliphatic heterocycles. The molecule has 1 aromatic carbocycles. The van der Waals surface area contributed by atoms with Gasteiger partial charge in [-0.2, -0.15) is 0 Å². The zero-order valence-corrected chi connectivity index (χ0v) is 9.34. The van der Waals surface area contributed by atoms with Crippen LogP contribution in [0.15, 0.2) is 22.7 Å². The average molecular weight is 243 g/mol. The minimum atomic E-state index is 0.239. The Morgan fingerprint density at radius 1 is 1.46 bits per heavy atom. The van der Waals surface area contributed by atoms with Gasteiger partial charge < -0.3 is 11.5 Å². The maximum absolute atomic E-state index is 5.84. The van der Waals surface area contributed by atoms with E-state index >= 15 is 0 Å². The summed E-state index contributed by atoms with van der Waals surface area (Å²) < 4.78 is 1.02. The minimum absolute atomic E-state index is 0.239. The molecule has 0 amide bonds. The molecule has 0 heterocycles. The van der Waals surface area contributed by atoms with Crippen molar-refractivity contribution in [2.24, 2.45) is 5.73 Å². The van der Waals surface area contributed by atoms with E-state index in [-0.39, 0.29) is 6.04 Å². The Balaban J connectivity index is 2.67. The fraction of sp³-hybridized carbons (Fsp3) is 0.400. The molecule has 4 N–H and O–H groups in total. The van der Waals surface area contributed by atoms with Crippen molar-refractivity contribution < 1.29 is 0 Å². The van der Waals surface area contributed by atoms with Crippen LogP contribution in [-0.2, 0) is 6.42 Å². The van der Waals surface area contributed by atoms with Crippen LogP contribution in [0.5, 0.6) is 0 Å². The maximum Gasteiger partial charge on any atom is 0.0357 e. The third-order valence-electron chi connectivity index (χ3n) is 1.98. The first-order valence-corrected chi connectivity index (χ1v) is 5.18. The largest absolute Gasteiger partial charge is 0.398 e. The summed E-state index contributed by atoms with van der Waals surface area (Å²) in [5.41, 5.74) is 13.5. The molecule has 1 atom stereocenters. The lowest BCUT2D eigenvalue weighted by Crippen LogP contribution is -2.15. The summed E-state index contributed by atoms with van der Waals surface area (Å²) in [4.78, 5) is 0. The molecule has 0 saturated carbocycles. The predicted molar refractivity (Wildman–Crippen MR) is 60.5 cm³/mol. The summed E-state index contributed by atoms with van der Waals surface area (Å²) in [5.74, 6) is 0. The van der Waals surface area contributed by atoms with Gasteiger partial charge in [0, 0.05) is 16.2 Å². The van der Waals surface area contributed by atoms with Gasteiger partial charge in [0.25, 0.3) is 0 Å². The van der Waals surface area contributed by atoms with Gasteiger partial charge in [0.15, 0.2) is 0 Å². The van der Waals surface area contributed by atoms with Crippen LogP contribution in [0.2, 0.25) is 0 Å². The highest BCUT2D eigenvalue weighted by Gasteiger charge is 2.01. The molecule has 1 aromatic rings. The van der Waals surface area contributed by atoms with E-state index in [4.69, 9.17) is 11.5 Å². The van der Waals surface area contributed by atoms with Crippen molar-refractivity contribution in [1.82, 2.24) is 0 Å². The molecule has 0 aromatic heterocycles. The lowest BCUT2D eigenvalue weighted by molar-refractivity contribution is 0.667. The van der Waals surface area contributed by atoms with Gasteiger partial charge in [0.2, 0.25) is 0 Å². The van der Waals surface area contributed by atoms with E-state index in [9.17, 15) is 0 Å². The molecule has 2 nitrogen and oxygen atoms in total. The quantitative estimate of drug-likeness (QED) is 0.800. The molecule has 0 fully saturated rings. The van der Waals surface area contributed by atoms with E-state index in [2.05, 4.69) is 15.9 Å². The van der Waals surface area contributed by atoms with Crippen LogP contribution in [-0.4, -0.2) is 6.04 Å². The SMILES string of the molecule is CC(N)CCc1ccc(Br)cc1N. The Bertz CT molecular complexity index is 284. The number of anilines is 1. The van der Waals surface area contributed by atoms with Crippen LogP contribution >= 0.6 is 15.9 Å². The van der Waals surface area contributed by atoms with Crippen LogP contribution in [0.25, 0.3) is 0 Å². The number of nitrogens with two attached hydrogens (primary N) is 2. The third kappa shape index (κ3) is 3.36. The lowest BCUT2D eigenvalue weighted by Gasteiger charge is -2.07. The van der Waals surface area contributed by atoms with Gasteiger partial charge in [-0.3, -0.25) is 0 Å². The van der Waals surface area contributed by atoms with Crippen LogP contribution in [0.1, 0.15) is 18.9 Å². The number of hydrogen-bond acceptors (Lipinski definition) is 2. The predicted octanol–water partition coefficient (Wildman–Crippen LogP) is 2.31. The molecule has 1 unspecified atom stereocenters. The number of hydrogen-bond donors (Lipinski definition) is 2. The monoisotopic (exact) mass is 242 g/mol. The molecule has 0 aliphatic carbocycles. The van der Waals surface area contributed by atoms with Gasteiger partial charge in [-0.1, -0.05) is 22.0 Å². The molecular weight excluding hydrogens is 228 g/mol. The maximum atomic E-state index is 5.84. The first-order chi connectivity index (χ1) is 6.09. The standard InChI is InChI=1S/C10H15BrN2/c1-7(12)2-3-8-4-5-9(11)6-10(8)13/h4-7H,2-3,12-13H2,1H3. The van der Waals surface area contributed by atoms with Crippen molar-refractivity contribution in [3.63, 3.8) is 0 Å². The van der Waals surface area contributed by atoms with E-state index < -0.39 is 0 Å². The molecule has 0 spiro atoms. The third-order valence-corrected chi connectivity index (χ3v) is 2.47. The van der Waals surface area contributed by atoms with Crippen LogP contribution in [0, 0.1) is 0 Å². The zero-order chi connectivity index (χ0) is 9.84. The van der Waals surface area contributed by atoms with Crippen LogP contribution in [0.4, 0.5) is 5.69 Å². The summed E-state index contributed by atoms with van der Waals surface area (Å²) in [7, 11) is 0. The van der Waals surface area contributed by atoms with E-state index in [1.807, 2.05) is 25.1 Å². The van der Waals surface area contributed by atoms with Gasteiger partial charge in [-0.05, 0) is 37.5 Å². The number of halogens is 1. The molecule has 0 radical (unpaired) electrons. The van der Waals surface area contributed by atoms with Gasteiger partial charge in [-0.25, -0.2) is 0 Å². The molecule has 13 heavy (non-hydrogen) atoms. The summed E-state index contributed by atoms with van der Waals surface area (Å²) in [5, 5.41) is 0. The van der Waals surface area contributed by atoms with Gasteiger partial charge in [-0.15, -0.1) is 0 Å². The van der Waals surface area contributed by atoms with Crippen molar-refractivity contribution in [2.75, 3.05) is 5.73 Å². The number of nitrogen functional groups attached to an aromatic ring is 1. The molecule has 72 valence electrons. The van der Waals surface area contributed by atoms with Crippen molar-refractivity contribution >= 4 is 21.6 Å². The van der Waals surface area contributed by atoms with E-state index in [1.165, 1.54) is 5.56 Å². The fourth-order valence-electron chi connectivity index (χ4n) is 1.18. The van der Waals surface area contributed by atoms with Crippen molar-refractivity contribution in [3.8, 4) is 0 Å². The summed E-state index contributed by atoms with van der Waals surface area (Å²) in [6.07, 6.45) is 1.93. The summed E-state index contributed by atoms with van der Waals surface area (Å²) >= 11 is 3.37. The van der Waals surface area contributed by atoms with E-state index in [0.717, 1.165) is 23.0 Å². The average Bonchev–Trinajstić information content (AvgIpc) is 2.02. The number of aryl methyl sites for hydroxylation is 1. The van der Waals surface area contributed by atoms with Crippen molar-refractivity contribution in [3.05, 3.63) is 28.2 Å². The Morgan fingerprint density at radius 3 is 2.69 bits per heavy atom. The Morgan fingerprint density at radius 2 is 2.15 bits per heavy atom. The normalized spacial score (nSPS) is 12.8. The summed E-state index contributed by atoms with van der Waals surface area (Å²) in [6.45, 7) is 2.01. The van der Waals surface area contributed by atoms with Crippen molar-refractivity contribution in [1.29, 1.82) is 0 Å². The highest BCUT2D eigenvalue weighted by atomic mass is 79.9. The first kappa shape index (κ1) is 10.5. The van der Waals surface area contributed by atoms with Crippen LogP contribution < -0.4 is 11.5 Å². The smallest absolute Gasteiger partial charge is 0.0357 e. The van der Waals surface area contributed by atoms with Gasteiger partial charge >= 0.3 is 0 Å². The molecular formula is C10H15BrN2. The van der Waals surface area contributed by atoms with Gasteiger partial charge in [0.1, 0.15) is 0 Å². The Labute approximate surface area is 87.4 Å². The van der Waals surface area contributed by atoms with E-state index in [1.54, 1.807) is 0 Å². The van der Waals surface area contributed by atoms with E-state index in [0.29, 0.717) is 0 Å². The lowest BCUT2D eigenvalue weighted by atomic mass is 10.1. The Hall–Kier alpha value is -0.540. The molecule has 0 bridgehead atoms. The molecule has 1 rings (SSSR count). The second kappa shape index (κ2) is 4.63. The highest BCUT2D eigenvalue weighted by molar-refractivity contribution is 9.10.